The quantitative estimate of drug-likeness (QED) is 0.308. The molecule has 0 spiro atoms. The van der Waals surface area contributed by atoms with Crippen molar-refractivity contribution in [1.82, 2.24) is 5.32 Å². The summed E-state index contributed by atoms with van der Waals surface area (Å²) in [4.78, 5) is 14.1. The molecule has 18 heavy (non-hydrogen) atoms. The summed E-state index contributed by atoms with van der Waals surface area (Å²) in [6.45, 7) is 8.12. The molecule has 0 aromatic heterocycles. The number of carbonyl (C=O) groups excluding carboxylic acids is 1. The monoisotopic (exact) mass is 392 g/mol. The standard InChI is InChI=1S/C11H23INO4S/c1-10(2,3)8-11(4,12-5)9(14)13-6-7-18(15,16)17/h6-8H2,1-5H3,(H,13,14)(H,15,16,17)/q-1. The molecule has 5 nitrogen and oxygen atoms in total. The minimum atomic E-state index is -4.01. The number of alkyl halides is 2. The summed E-state index contributed by atoms with van der Waals surface area (Å²) in [5.74, 6) is -0.553. The number of rotatable bonds is 6. The van der Waals surface area contributed by atoms with E-state index in [1.807, 2.05) is 11.9 Å². The molecule has 7 heteroatoms. The van der Waals surface area contributed by atoms with Crippen LogP contribution in [0.4, 0.5) is 0 Å². The number of carbonyl (C=O) groups is 1. The van der Waals surface area contributed by atoms with Crippen molar-refractivity contribution in [2.45, 2.75) is 37.5 Å². The molecule has 0 radical (unpaired) electrons. The molecule has 1 amide bonds. The van der Waals surface area contributed by atoms with Crippen LogP contribution in [0.3, 0.4) is 0 Å². The molecule has 0 rings (SSSR count). The Balaban J connectivity index is 4.53. The summed E-state index contributed by atoms with van der Waals surface area (Å²) in [6, 6.07) is 0. The van der Waals surface area contributed by atoms with Crippen molar-refractivity contribution in [2.24, 2.45) is 5.41 Å². The summed E-state index contributed by atoms with van der Waals surface area (Å²) in [5.41, 5.74) is 0.0465. The van der Waals surface area contributed by atoms with Crippen LogP contribution in [0.25, 0.3) is 0 Å². The topological polar surface area (TPSA) is 83.5 Å². The number of halogens is 1. The molecule has 0 aliphatic carbocycles. The van der Waals surface area contributed by atoms with Gasteiger partial charge in [-0.25, -0.2) is 0 Å². The van der Waals surface area contributed by atoms with Gasteiger partial charge in [0.25, 0.3) is 0 Å². The van der Waals surface area contributed by atoms with E-state index in [-0.39, 0.29) is 39.1 Å². The van der Waals surface area contributed by atoms with Gasteiger partial charge in [0.1, 0.15) is 0 Å². The van der Waals surface area contributed by atoms with E-state index in [0.29, 0.717) is 0 Å². The first-order valence-corrected chi connectivity index (χ1v) is 10.5. The summed E-state index contributed by atoms with van der Waals surface area (Å²) in [5, 5.41) is 2.60. The molecular formula is C11H23INO4S-. The van der Waals surface area contributed by atoms with Crippen LogP contribution in [-0.2, 0) is 14.9 Å². The Bertz CT molecular complexity index is 388. The molecule has 0 aromatic carbocycles. The van der Waals surface area contributed by atoms with Gasteiger partial charge in [-0.15, -0.1) is 0 Å². The van der Waals surface area contributed by atoms with Crippen LogP contribution < -0.4 is 26.5 Å². The maximum absolute atomic E-state index is 12.1. The molecule has 0 bridgehead atoms. The second-order valence-electron chi connectivity index (χ2n) is 5.67. The normalized spacial score (nSPS) is 16.3. The summed E-state index contributed by atoms with van der Waals surface area (Å²) in [7, 11) is -4.01. The number of hydrogen-bond acceptors (Lipinski definition) is 3. The third kappa shape index (κ3) is 7.52. The SMILES string of the molecule is C[I-]C(C)(CC(C)(C)C)C(=O)NCCS(=O)(=O)O. The molecule has 0 aliphatic heterocycles. The van der Waals surface area contributed by atoms with Gasteiger partial charge in [-0.3, -0.25) is 0 Å². The van der Waals surface area contributed by atoms with Gasteiger partial charge in [-0.05, 0) is 0 Å². The van der Waals surface area contributed by atoms with E-state index in [1.165, 1.54) is 0 Å². The van der Waals surface area contributed by atoms with Crippen molar-refractivity contribution in [1.29, 1.82) is 0 Å². The summed E-state index contributed by atoms with van der Waals surface area (Å²) >= 11 is -0.319. The molecule has 1 atom stereocenters. The van der Waals surface area contributed by atoms with Crippen LogP contribution in [0.15, 0.2) is 0 Å². The Morgan fingerprint density at radius 1 is 1.28 bits per heavy atom. The predicted octanol–water partition coefficient (Wildman–Crippen LogP) is -2.10. The summed E-state index contributed by atoms with van der Waals surface area (Å²) < 4.78 is 29.3. The van der Waals surface area contributed by atoms with Gasteiger partial charge in [0.05, 0.1) is 0 Å². The van der Waals surface area contributed by atoms with E-state index in [9.17, 15) is 13.2 Å². The second kappa shape index (κ2) is 6.51. The van der Waals surface area contributed by atoms with Crippen molar-refractivity contribution in [2.75, 3.05) is 17.2 Å². The fourth-order valence-corrected chi connectivity index (χ4v) is 4.27. The molecule has 0 saturated carbocycles. The molecule has 0 heterocycles. The van der Waals surface area contributed by atoms with E-state index in [0.717, 1.165) is 6.42 Å². The molecule has 0 aliphatic rings. The Labute approximate surface area is 120 Å². The fourth-order valence-electron chi connectivity index (χ4n) is 1.71. The van der Waals surface area contributed by atoms with E-state index < -0.39 is 19.3 Å². The molecule has 0 saturated heterocycles. The Hall–Kier alpha value is 0.110. The number of hydrogen-bond donors (Lipinski definition) is 2. The average molecular weight is 392 g/mol. The zero-order chi connectivity index (χ0) is 14.6. The van der Waals surface area contributed by atoms with Gasteiger partial charge < -0.3 is 0 Å². The van der Waals surface area contributed by atoms with Crippen molar-refractivity contribution in [3.63, 3.8) is 0 Å². The van der Waals surface area contributed by atoms with Crippen LogP contribution in [-0.4, -0.2) is 39.5 Å². The first-order valence-electron chi connectivity index (χ1n) is 5.64. The van der Waals surface area contributed by atoms with Crippen LogP contribution in [0, 0.1) is 5.41 Å². The van der Waals surface area contributed by atoms with Gasteiger partial charge in [0.15, 0.2) is 0 Å². The first-order chi connectivity index (χ1) is 7.90. The molecule has 0 fully saturated rings. The zero-order valence-corrected chi connectivity index (χ0v) is 14.6. The minimum absolute atomic E-state index is 0.0405. The van der Waals surface area contributed by atoms with Crippen LogP contribution in [0.5, 0.6) is 0 Å². The van der Waals surface area contributed by atoms with Gasteiger partial charge in [0.2, 0.25) is 0 Å². The van der Waals surface area contributed by atoms with Gasteiger partial charge in [0, 0.05) is 0 Å². The predicted molar refractivity (Wildman–Crippen MR) is 67.8 cm³/mol. The van der Waals surface area contributed by atoms with E-state index >= 15 is 0 Å². The molecule has 2 N–H and O–H groups in total. The second-order valence-corrected chi connectivity index (χ2v) is 10.7. The third-order valence-corrected chi connectivity index (χ3v) is 6.37. The molecular weight excluding hydrogens is 369 g/mol. The van der Waals surface area contributed by atoms with Crippen LogP contribution in [0.2, 0.25) is 0 Å². The fraction of sp³-hybridized carbons (Fsp3) is 0.909. The van der Waals surface area contributed by atoms with Gasteiger partial charge in [-0.1, -0.05) is 0 Å². The van der Waals surface area contributed by atoms with Crippen molar-refractivity contribution in [3.8, 4) is 0 Å². The van der Waals surface area contributed by atoms with Gasteiger partial charge >= 0.3 is 120 Å². The number of amides is 1. The van der Waals surface area contributed by atoms with E-state index in [4.69, 9.17) is 4.55 Å². The molecule has 1 unspecified atom stereocenters. The zero-order valence-electron chi connectivity index (χ0n) is 11.6. The average Bonchev–Trinajstić information content (AvgIpc) is 2.12. The van der Waals surface area contributed by atoms with Crippen molar-refractivity contribution in [3.05, 3.63) is 0 Å². The Kier molecular flexibility index (Phi) is 6.55. The van der Waals surface area contributed by atoms with Crippen LogP contribution >= 0.6 is 0 Å². The Morgan fingerprint density at radius 2 is 1.78 bits per heavy atom. The maximum atomic E-state index is 12.1. The summed E-state index contributed by atoms with van der Waals surface area (Å²) in [6.07, 6.45) is 0.765. The Morgan fingerprint density at radius 3 is 2.11 bits per heavy atom. The van der Waals surface area contributed by atoms with Crippen LogP contribution in [0.1, 0.15) is 34.1 Å². The molecule has 0 aromatic rings. The van der Waals surface area contributed by atoms with Crippen molar-refractivity contribution < 1.29 is 39.0 Å². The molecule has 110 valence electrons. The van der Waals surface area contributed by atoms with E-state index in [2.05, 4.69) is 26.1 Å². The first kappa shape index (κ1) is 18.1. The van der Waals surface area contributed by atoms with E-state index in [1.54, 1.807) is 0 Å². The van der Waals surface area contributed by atoms with Gasteiger partial charge in [-0.2, -0.15) is 0 Å². The third-order valence-electron chi connectivity index (χ3n) is 2.40. The van der Waals surface area contributed by atoms with Crippen molar-refractivity contribution >= 4 is 16.0 Å². The number of nitrogens with one attached hydrogen (secondary N) is 1.